The number of furan rings is 1. The van der Waals surface area contributed by atoms with Crippen LogP contribution in [0.5, 0.6) is 0 Å². The molecular formula is C12H21NOS. The first-order valence-corrected chi connectivity index (χ1v) is 6.17. The minimum atomic E-state index is 0.765. The topological polar surface area (TPSA) is 16.4 Å². The highest BCUT2D eigenvalue weighted by Crippen LogP contribution is 2.10. The standard InChI is InChI=1S/C12H21NOS/c1-11(6-9-15)5-7-13(2)10-12-4-3-8-14-12/h3-4,8,11,15H,5-7,9-10H2,1-2H3. The fraction of sp³-hybridized carbons (Fsp3) is 0.667. The molecule has 0 saturated carbocycles. The molecule has 0 saturated heterocycles. The van der Waals surface area contributed by atoms with Gasteiger partial charge in [0.15, 0.2) is 0 Å². The summed E-state index contributed by atoms with van der Waals surface area (Å²) in [7, 11) is 2.13. The van der Waals surface area contributed by atoms with Crippen molar-refractivity contribution in [2.24, 2.45) is 5.92 Å². The van der Waals surface area contributed by atoms with Crippen molar-refractivity contribution in [2.45, 2.75) is 26.3 Å². The van der Waals surface area contributed by atoms with E-state index in [1.165, 1.54) is 12.8 Å². The smallest absolute Gasteiger partial charge is 0.117 e. The molecule has 0 aliphatic rings. The lowest BCUT2D eigenvalue weighted by Crippen LogP contribution is -2.20. The van der Waals surface area contributed by atoms with Gasteiger partial charge in [-0.1, -0.05) is 6.92 Å². The molecule has 0 N–H and O–H groups in total. The van der Waals surface area contributed by atoms with Crippen LogP contribution in [0.15, 0.2) is 22.8 Å². The van der Waals surface area contributed by atoms with Gasteiger partial charge in [0.25, 0.3) is 0 Å². The number of rotatable bonds is 7. The lowest BCUT2D eigenvalue weighted by Gasteiger charge is -2.17. The van der Waals surface area contributed by atoms with Gasteiger partial charge < -0.3 is 4.42 Å². The average molecular weight is 227 g/mol. The molecule has 0 bridgehead atoms. The molecule has 2 nitrogen and oxygen atoms in total. The Labute approximate surface area is 98.1 Å². The fourth-order valence-electron chi connectivity index (χ4n) is 1.55. The van der Waals surface area contributed by atoms with Gasteiger partial charge in [0.05, 0.1) is 12.8 Å². The van der Waals surface area contributed by atoms with Crippen LogP contribution in [0.3, 0.4) is 0 Å². The van der Waals surface area contributed by atoms with Crippen molar-refractivity contribution in [3.05, 3.63) is 24.2 Å². The van der Waals surface area contributed by atoms with Gasteiger partial charge in [-0.2, -0.15) is 12.6 Å². The Morgan fingerprint density at radius 2 is 2.27 bits per heavy atom. The summed E-state index contributed by atoms with van der Waals surface area (Å²) < 4.78 is 5.30. The molecule has 0 aromatic carbocycles. The van der Waals surface area contributed by atoms with E-state index in [1.807, 2.05) is 12.1 Å². The predicted molar refractivity (Wildman–Crippen MR) is 67.3 cm³/mol. The SMILES string of the molecule is CC(CCS)CCN(C)Cc1ccco1. The third-order valence-electron chi connectivity index (χ3n) is 2.63. The van der Waals surface area contributed by atoms with Gasteiger partial charge in [-0.15, -0.1) is 0 Å². The maximum absolute atomic E-state index is 5.30. The van der Waals surface area contributed by atoms with Gasteiger partial charge in [0, 0.05) is 0 Å². The van der Waals surface area contributed by atoms with Crippen molar-refractivity contribution in [3.8, 4) is 0 Å². The maximum Gasteiger partial charge on any atom is 0.117 e. The second-order valence-electron chi connectivity index (χ2n) is 4.22. The summed E-state index contributed by atoms with van der Waals surface area (Å²) in [6.07, 6.45) is 4.17. The molecule has 0 aliphatic heterocycles. The fourth-order valence-corrected chi connectivity index (χ4v) is 1.99. The lowest BCUT2D eigenvalue weighted by molar-refractivity contribution is 0.273. The van der Waals surface area contributed by atoms with Crippen LogP contribution in [0.2, 0.25) is 0 Å². The Kier molecular flexibility index (Phi) is 5.88. The molecule has 0 fully saturated rings. The second kappa shape index (κ2) is 6.96. The highest BCUT2D eigenvalue weighted by atomic mass is 32.1. The van der Waals surface area contributed by atoms with E-state index in [1.54, 1.807) is 6.26 Å². The lowest BCUT2D eigenvalue weighted by atomic mass is 10.1. The molecule has 0 aliphatic carbocycles. The van der Waals surface area contributed by atoms with E-state index >= 15 is 0 Å². The molecule has 86 valence electrons. The monoisotopic (exact) mass is 227 g/mol. The van der Waals surface area contributed by atoms with Crippen LogP contribution in [-0.4, -0.2) is 24.2 Å². The predicted octanol–water partition coefficient (Wildman–Crippen LogP) is 3.06. The van der Waals surface area contributed by atoms with Crippen molar-refractivity contribution in [3.63, 3.8) is 0 Å². The number of thiol groups is 1. The van der Waals surface area contributed by atoms with Gasteiger partial charge in [-0.3, -0.25) is 4.90 Å². The Morgan fingerprint density at radius 1 is 1.47 bits per heavy atom. The van der Waals surface area contributed by atoms with Gasteiger partial charge in [0.2, 0.25) is 0 Å². The Bertz CT molecular complexity index is 248. The van der Waals surface area contributed by atoms with Crippen LogP contribution in [0, 0.1) is 5.92 Å². The summed E-state index contributed by atoms with van der Waals surface area (Å²) in [6, 6.07) is 3.96. The zero-order valence-corrected chi connectivity index (χ0v) is 10.5. The average Bonchev–Trinajstić information content (AvgIpc) is 2.68. The number of nitrogens with zero attached hydrogens (tertiary/aromatic N) is 1. The summed E-state index contributed by atoms with van der Waals surface area (Å²) >= 11 is 4.25. The van der Waals surface area contributed by atoms with Gasteiger partial charge >= 0.3 is 0 Å². The first-order valence-electron chi connectivity index (χ1n) is 5.54. The maximum atomic E-state index is 5.30. The zero-order chi connectivity index (χ0) is 11.1. The van der Waals surface area contributed by atoms with E-state index in [-0.39, 0.29) is 0 Å². The summed E-state index contributed by atoms with van der Waals surface area (Å²) in [6.45, 7) is 4.31. The molecule has 0 amide bonds. The van der Waals surface area contributed by atoms with Crippen LogP contribution in [-0.2, 0) is 6.54 Å². The summed E-state index contributed by atoms with van der Waals surface area (Å²) in [4.78, 5) is 2.30. The second-order valence-corrected chi connectivity index (χ2v) is 4.67. The molecule has 1 rings (SSSR count). The van der Waals surface area contributed by atoms with Crippen molar-refractivity contribution >= 4 is 12.6 Å². The van der Waals surface area contributed by atoms with Crippen LogP contribution >= 0.6 is 12.6 Å². The van der Waals surface area contributed by atoms with Gasteiger partial charge in [-0.05, 0) is 50.2 Å². The van der Waals surface area contributed by atoms with Crippen molar-refractivity contribution in [1.82, 2.24) is 4.90 Å². The summed E-state index contributed by atoms with van der Waals surface area (Å²) in [5.74, 6) is 2.80. The van der Waals surface area contributed by atoms with Crippen LogP contribution in [0.4, 0.5) is 0 Å². The van der Waals surface area contributed by atoms with Crippen LogP contribution in [0.25, 0.3) is 0 Å². The zero-order valence-electron chi connectivity index (χ0n) is 9.65. The minimum absolute atomic E-state index is 0.765. The molecule has 0 radical (unpaired) electrons. The van der Waals surface area contributed by atoms with Crippen molar-refractivity contribution < 1.29 is 4.42 Å². The van der Waals surface area contributed by atoms with E-state index in [9.17, 15) is 0 Å². The Hall–Kier alpha value is -0.410. The summed E-state index contributed by atoms with van der Waals surface area (Å²) in [5.41, 5.74) is 0. The number of hydrogen-bond donors (Lipinski definition) is 1. The molecular weight excluding hydrogens is 206 g/mol. The van der Waals surface area contributed by atoms with Gasteiger partial charge in [-0.25, -0.2) is 0 Å². The normalized spacial score (nSPS) is 13.3. The molecule has 0 spiro atoms. The molecule has 1 aromatic heterocycles. The highest BCUT2D eigenvalue weighted by Gasteiger charge is 2.05. The molecule has 1 heterocycles. The third-order valence-corrected chi connectivity index (χ3v) is 2.89. The Morgan fingerprint density at radius 3 is 2.87 bits per heavy atom. The Balaban J connectivity index is 2.16. The quantitative estimate of drug-likeness (QED) is 0.721. The van der Waals surface area contributed by atoms with E-state index in [4.69, 9.17) is 4.42 Å². The molecule has 1 aromatic rings. The van der Waals surface area contributed by atoms with Crippen LogP contribution in [0.1, 0.15) is 25.5 Å². The van der Waals surface area contributed by atoms with E-state index < -0.39 is 0 Å². The third kappa shape index (κ3) is 5.28. The van der Waals surface area contributed by atoms with E-state index in [0.717, 1.165) is 30.5 Å². The number of hydrogen-bond acceptors (Lipinski definition) is 3. The molecule has 1 unspecified atom stereocenters. The first-order chi connectivity index (χ1) is 7.22. The molecule has 1 atom stereocenters. The van der Waals surface area contributed by atoms with Gasteiger partial charge in [0.1, 0.15) is 5.76 Å². The van der Waals surface area contributed by atoms with Crippen LogP contribution < -0.4 is 0 Å². The van der Waals surface area contributed by atoms with E-state index in [0.29, 0.717) is 0 Å². The van der Waals surface area contributed by atoms with E-state index in [2.05, 4.69) is 31.5 Å². The molecule has 15 heavy (non-hydrogen) atoms. The minimum Gasteiger partial charge on any atom is -0.468 e. The highest BCUT2D eigenvalue weighted by molar-refractivity contribution is 7.80. The first kappa shape index (κ1) is 12.7. The van der Waals surface area contributed by atoms with Crippen molar-refractivity contribution in [1.29, 1.82) is 0 Å². The van der Waals surface area contributed by atoms with Crippen molar-refractivity contribution in [2.75, 3.05) is 19.3 Å². The summed E-state index contributed by atoms with van der Waals surface area (Å²) in [5, 5.41) is 0. The molecule has 3 heteroatoms. The largest absolute Gasteiger partial charge is 0.468 e.